The van der Waals surface area contributed by atoms with Crippen LogP contribution in [0.3, 0.4) is 0 Å². The van der Waals surface area contributed by atoms with E-state index in [9.17, 15) is 24.5 Å². The number of methoxy groups -OCH3 is 2. The number of esters is 1. The molecule has 0 aliphatic carbocycles. The van der Waals surface area contributed by atoms with Gasteiger partial charge in [0.25, 0.3) is 5.69 Å². The third kappa shape index (κ3) is 15.5. The van der Waals surface area contributed by atoms with E-state index in [0.717, 1.165) is 25.0 Å². The monoisotopic (exact) mass is 873 g/mol. The molecule has 1 N–H and O–H groups in total. The highest BCUT2D eigenvalue weighted by Gasteiger charge is 2.64. The number of nitro benzene ring substituents is 1. The zero-order chi connectivity index (χ0) is 44.0. The second kappa shape index (κ2) is 26.1. The van der Waals surface area contributed by atoms with Crippen molar-refractivity contribution in [2.45, 2.75) is 100 Å². The number of ether oxygens (including phenoxy) is 8. The summed E-state index contributed by atoms with van der Waals surface area (Å²) in [4.78, 5) is 52.2. The van der Waals surface area contributed by atoms with Crippen LogP contribution in [0, 0.1) is 10.1 Å². The Morgan fingerprint density at radius 1 is 0.836 bits per heavy atom. The van der Waals surface area contributed by atoms with Crippen molar-refractivity contribution in [2.75, 3.05) is 73.7 Å². The number of nitrogens with zero attached hydrogens (tertiary/aromatic N) is 2. The van der Waals surface area contributed by atoms with Gasteiger partial charge in [0, 0.05) is 11.4 Å². The van der Waals surface area contributed by atoms with Crippen LogP contribution in [0.5, 0.6) is 17.2 Å². The smallest absolute Gasteiger partial charge is 0.330 e. The number of hydrogen-bond acceptors (Lipinski definition) is 14. The van der Waals surface area contributed by atoms with Gasteiger partial charge in [0.2, 0.25) is 11.8 Å². The number of benzene rings is 2. The normalized spacial score (nSPS) is 17.6. The maximum absolute atomic E-state index is 13.4. The number of hydrogen-bond donors (Lipinski definition) is 1. The molecule has 4 rings (SSSR count). The molecule has 0 radical (unpaired) electrons. The van der Waals surface area contributed by atoms with Crippen LogP contribution in [0.1, 0.15) is 76.3 Å². The average molecular weight is 874 g/mol. The third-order valence-corrected chi connectivity index (χ3v) is 11.8. The maximum Gasteiger partial charge on any atom is 0.330 e. The van der Waals surface area contributed by atoms with E-state index in [1.54, 1.807) is 24.3 Å². The second-order valence-corrected chi connectivity index (χ2v) is 16.9. The van der Waals surface area contributed by atoms with Gasteiger partial charge in [-0.2, -0.15) is 0 Å². The standard InChI is InChI=1S/C44H63N3O13S/c1-6-7-8-9-10-11-12-13-14-19-55-20-21-56-22-23-57-24-25-58-26-27-59-34-17-15-32(16-18-34)28-38(48)45-39-41(49)46-40(44(2,3)61-42(39)46)43(50)60-31-33-29-36(53-4)37(54-5)30-35(33)47(51)52/h6,15-18,29-30,39-40,42H,1,7-14,19-28,31H2,2-5H3,(H,45,48)/t39-,40+,42-/m1/s1. The molecule has 16 nitrogen and oxygen atoms in total. The van der Waals surface area contributed by atoms with Gasteiger partial charge in [-0.05, 0) is 56.9 Å². The highest BCUT2D eigenvalue weighted by atomic mass is 32.2. The molecule has 0 bridgehead atoms. The average Bonchev–Trinajstić information content (AvgIpc) is 3.51. The highest BCUT2D eigenvalue weighted by Crippen LogP contribution is 2.51. The van der Waals surface area contributed by atoms with Gasteiger partial charge in [-0.25, -0.2) is 4.79 Å². The fourth-order valence-corrected chi connectivity index (χ4v) is 8.64. The molecule has 0 unspecified atom stereocenters. The molecule has 17 heteroatoms. The summed E-state index contributed by atoms with van der Waals surface area (Å²) >= 11 is 1.38. The van der Waals surface area contributed by atoms with Crippen LogP contribution in [0.15, 0.2) is 49.1 Å². The van der Waals surface area contributed by atoms with Crippen LogP contribution in [0.2, 0.25) is 0 Å². The lowest BCUT2D eigenvalue weighted by Crippen LogP contribution is -2.70. The second-order valence-electron chi connectivity index (χ2n) is 15.2. The van der Waals surface area contributed by atoms with E-state index in [-0.39, 0.29) is 35.1 Å². The Morgan fingerprint density at radius 3 is 1.98 bits per heavy atom. The van der Waals surface area contributed by atoms with Gasteiger partial charge in [-0.3, -0.25) is 19.7 Å². The van der Waals surface area contributed by atoms with Crippen LogP contribution in [0.4, 0.5) is 5.69 Å². The number of nitro groups is 1. The molecule has 0 aromatic heterocycles. The SMILES string of the molecule is C=CCCCCCCCCCOCCOCCOCCOCCOc1ccc(CC(=O)N[C@@H]2C(=O)N3[C@@H]2SC(C)(C)[C@@H]3C(=O)OCc2cc(OC)c(OC)cc2[N+](=O)[O-])cc1. The summed E-state index contributed by atoms with van der Waals surface area (Å²) in [5.41, 5.74) is 0.535. The first-order valence-electron chi connectivity index (χ1n) is 21.0. The predicted molar refractivity (Wildman–Crippen MR) is 230 cm³/mol. The Labute approximate surface area is 363 Å². The Bertz CT molecular complexity index is 1710. The number of unbranched alkanes of at least 4 members (excludes halogenated alkanes) is 7. The highest BCUT2D eigenvalue weighted by molar-refractivity contribution is 8.01. The lowest BCUT2D eigenvalue weighted by atomic mass is 9.95. The number of thioether (sulfide) groups is 1. The van der Waals surface area contributed by atoms with E-state index in [4.69, 9.17) is 37.9 Å². The first kappa shape index (κ1) is 49.2. The molecule has 2 heterocycles. The van der Waals surface area contributed by atoms with Crippen molar-refractivity contribution in [3.05, 3.63) is 70.3 Å². The molecule has 2 aliphatic heterocycles. The number of carbonyl (C=O) groups excluding carboxylic acids is 3. The van der Waals surface area contributed by atoms with Gasteiger partial charge in [0.1, 0.15) is 36.4 Å². The topological polar surface area (TPSA) is 183 Å². The molecule has 2 aromatic carbocycles. The molecule has 338 valence electrons. The van der Waals surface area contributed by atoms with Gasteiger partial charge < -0.3 is 48.1 Å². The molecule has 2 aliphatic rings. The summed E-state index contributed by atoms with van der Waals surface area (Å²) in [5, 5.41) is 14.0. The largest absolute Gasteiger partial charge is 0.493 e. The molecule has 2 saturated heterocycles. The van der Waals surface area contributed by atoms with Crippen molar-refractivity contribution in [1.29, 1.82) is 0 Å². The summed E-state index contributed by atoms with van der Waals surface area (Å²) in [6.45, 7) is 11.5. The van der Waals surface area contributed by atoms with E-state index < -0.39 is 45.6 Å². The van der Waals surface area contributed by atoms with Gasteiger partial charge in [-0.1, -0.05) is 50.3 Å². The molecule has 2 fully saturated rings. The van der Waals surface area contributed by atoms with Gasteiger partial charge in [0.05, 0.1) is 83.4 Å². The number of fused-ring (bicyclic) bond motifs is 1. The van der Waals surface area contributed by atoms with E-state index >= 15 is 0 Å². The molecule has 2 amide bonds. The van der Waals surface area contributed by atoms with E-state index in [0.29, 0.717) is 58.6 Å². The number of allylic oxidation sites excluding steroid dienone is 1. The summed E-state index contributed by atoms with van der Waals surface area (Å²) in [6.07, 6.45) is 11.9. The number of rotatable bonds is 32. The Kier molecular flexibility index (Phi) is 21.1. The van der Waals surface area contributed by atoms with Crippen molar-refractivity contribution >= 4 is 35.2 Å². The van der Waals surface area contributed by atoms with Crippen molar-refractivity contribution < 1.29 is 57.2 Å². The summed E-state index contributed by atoms with van der Waals surface area (Å²) in [7, 11) is 2.75. The Hall–Kier alpha value is -4.42. The number of carbonyl (C=O) groups is 3. The minimum absolute atomic E-state index is 0.0416. The number of nitrogens with one attached hydrogen (secondary N) is 1. The summed E-state index contributed by atoms with van der Waals surface area (Å²) < 4.78 is 43.3. The van der Waals surface area contributed by atoms with Crippen molar-refractivity contribution in [3.8, 4) is 17.2 Å². The lowest BCUT2D eigenvalue weighted by Gasteiger charge is -2.44. The third-order valence-electron chi connectivity index (χ3n) is 10.2. The Balaban J connectivity index is 1.04. The van der Waals surface area contributed by atoms with Gasteiger partial charge in [0.15, 0.2) is 11.5 Å². The van der Waals surface area contributed by atoms with Crippen LogP contribution in [-0.2, 0) is 51.1 Å². The molecular formula is C44H63N3O13S. The van der Waals surface area contributed by atoms with E-state index in [1.165, 1.54) is 81.5 Å². The van der Waals surface area contributed by atoms with E-state index in [1.807, 2.05) is 19.9 Å². The number of amides is 2. The van der Waals surface area contributed by atoms with Gasteiger partial charge in [-0.15, -0.1) is 18.3 Å². The van der Waals surface area contributed by atoms with Crippen LogP contribution >= 0.6 is 11.8 Å². The van der Waals surface area contributed by atoms with Gasteiger partial charge >= 0.3 is 5.97 Å². The zero-order valence-electron chi connectivity index (χ0n) is 36.0. The number of β-lactam (4-membered cyclic amide) rings is 1. The lowest BCUT2D eigenvalue weighted by molar-refractivity contribution is -0.385. The summed E-state index contributed by atoms with van der Waals surface area (Å²) in [5.74, 6) is -0.431. The summed E-state index contributed by atoms with van der Waals surface area (Å²) in [6, 6.07) is 7.90. The molecule has 0 saturated carbocycles. The molecular weight excluding hydrogens is 811 g/mol. The minimum atomic E-state index is -0.966. The predicted octanol–water partition coefficient (Wildman–Crippen LogP) is 6.20. The maximum atomic E-state index is 13.4. The van der Waals surface area contributed by atoms with Crippen molar-refractivity contribution in [3.63, 3.8) is 0 Å². The fraction of sp³-hybridized carbons (Fsp3) is 0.614. The van der Waals surface area contributed by atoms with Crippen molar-refractivity contribution in [2.24, 2.45) is 0 Å². The van der Waals surface area contributed by atoms with Crippen LogP contribution in [0.25, 0.3) is 0 Å². The molecule has 0 spiro atoms. The first-order valence-corrected chi connectivity index (χ1v) is 21.9. The first-order chi connectivity index (χ1) is 29.5. The van der Waals surface area contributed by atoms with Crippen molar-refractivity contribution in [1.82, 2.24) is 10.2 Å². The quantitative estimate of drug-likeness (QED) is 0.0219. The molecule has 3 atom stereocenters. The molecule has 2 aromatic rings. The Morgan fingerprint density at radius 2 is 1.39 bits per heavy atom. The molecule has 61 heavy (non-hydrogen) atoms. The van der Waals surface area contributed by atoms with Crippen LogP contribution < -0.4 is 19.5 Å². The zero-order valence-corrected chi connectivity index (χ0v) is 36.8. The minimum Gasteiger partial charge on any atom is -0.493 e. The van der Waals surface area contributed by atoms with Crippen LogP contribution in [-0.4, -0.2) is 123 Å². The fourth-order valence-electron chi connectivity index (χ4n) is 7.02. The van der Waals surface area contributed by atoms with E-state index in [2.05, 4.69) is 11.9 Å².